The molecule has 0 spiro atoms. The molecular weight excluding hydrogens is 339 g/mol. The summed E-state index contributed by atoms with van der Waals surface area (Å²) in [6.45, 7) is 0. The van der Waals surface area contributed by atoms with Gasteiger partial charge in [-0.2, -0.15) is 4.98 Å². The molecule has 1 heterocycles. The van der Waals surface area contributed by atoms with Crippen LogP contribution in [0.1, 0.15) is 12.8 Å². The van der Waals surface area contributed by atoms with Crippen molar-refractivity contribution in [1.82, 2.24) is 9.97 Å². The van der Waals surface area contributed by atoms with Gasteiger partial charge in [0.15, 0.2) is 0 Å². The van der Waals surface area contributed by atoms with Gasteiger partial charge in [-0.1, -0.05) is 0 Å². The van der Waals surface area contributed by atoms with Gasteiger partial charge in [-0.25, -0.2) is 4.98 Å². The third-order valence-electron chi connectivity index (χ3n) is 2.96. The molecule has 1 N–H and O–H groups in total. The highest BCUT2D eigenvalue weighted by molar-refractivity contribution is 14.1. The first kappa shape index (κ1) is 12.0. The number of aromatic nitrogens is 2. The maximum atomic E-state index is 4.62. The number of nitrogens with zero attached hydrogens (tertiary/aromatic N) is 3. The second kappa shape index (κ2) is 4.53. The third kappa shape index (κ3) is 2.36. The highest BCUT2D eigenvalue weighted by Gasteiger charge is 2.23. The summed E-state index contributed by atoms with van der Waals surface area (Å²) in [7, 11) is 3.93. The minimum Gasteiger partial charge on any atom is -0.367 e. The molecule has 0 bridgehead atoms. The lowest BCUT2D eigenvalue weighted by atomic mass is 10.2. The SMILES string of the molecule is CN(C)c1nc(NC2CC2)c2cc(I)ccc2n1. The fourth-order valence-corrected chi connectivity index (χ4v) is 2.31. The number of anilines is 2. The molecule has 1 aromatic carbocycles. The number of rotatable bonds is 3. The topological polar surface area (TPSA) is 41.1 Å². The van der Waals surface area contributed by atoms with Gasteiger partial charge in [0.1, 0.15) is 5.82 Å². The first-order valence-corrected chi connectivity index (χ1v) is 7.12. The normalized spacial score (nSPS) is 14.8. The van der Waals surface area contributed by atoms with E-state index in [0.29, 0.717) is 6.04 Å². The number of hydrogen-bond donors (Lipinski definition) is 1. The number of benzene rings is 1. The zero-order valence-corrected chi connectivity index (χ0v) is 12.6. The van der Waals surface area contributed by atoms with Crippen molar-refractivity contribution in [2.24, 2.45) is 0 Å². The van der Waals surface area contributed by atoms with Crippen LogP contribution in [0.2, 0.25) is 0 Å². The Hall–Kier alpha value is -1.11. The first-order valence-electron chi connectivity index (χ1n) is 6.04. The molecule has 2 aromatic rings. The van der Waals surface area contributed by atoms with Gasteiger partial charge in [0, 0.05) is 29.1 Å². The lowest BCUT2D eigenvalue weighted by molar-refractivity contribution is 1.00. The average Bonchev–Trinajstić information content (AvgIpc) is 3.13. The lowest BCUT2D eigenvalue weighted by Gasteiger charge is -2.14. The minimum atomic E-state index is 0.593. The van der Waals surface area contributed by atoms with Crippen molar-refractivity contribution >= 4 is 45.3 Å². The molecule has 4 nitrogen and oxygen atoms in total. The molecule has 1 saturated carbocycles. The fourth-order valence-electron chi connectivity index (χ4n) is 1.82. The molecule has 1 aliphatic rings. The Balaban J connectivity index is 2.16. The van der Waals surface area contributed by atoms with Gasteiger partial charge in [-0.15, -0.1) is 0 Å². The van der Waals surface area contributed by atoms with E-state index in [9.17, 15) is 0 Å². The van der Waals surface area contributed by atoms with Crippen LogP contribution in [-0.4, -0.2) is 30.1 Å². The van der Waals surface area contributed by atoms with Crippen LogP contribution >= 0.6 is 22.6 Å². The summed E-state index contributed by atoms with van der Waals surface area (Å²) in [6.07, 6.45) is 2.49. The predicted molar refractivity (Wildman–Crippen MR) is 83.2 cm³/mol. The second-order valence-electron chi connectivity index (χ2n) is 4.85. The quantitative estimate of drug-likeness (QED) is 0.861. The van der Waals surface area contributed by atoms with Crippen molar-refractivity contribution in [2.75, 3.05) is 24.3 Å². The third-order valence-corrected chi connectivity index (χ3v) is 3.64. The van der Waals surface area contributed by atoms with Crippen LogP contribution in [-0.2, 0) is 0 Å². The summed E-state index contributed by atoms with van der Waals surface area (Å²) in [4.78, 5) is 11.1. The summed E-state index contributed by atoms with van der Waals surface area (Å²) in [5.41, 5.74) is 0.997. The van der Waals surface area contributed by atoms with Crippen LogP contribution in [0, 0.1) is 3.57 Å². The molecule has 0 radical (unpaired) electrons. The monoisotopic (exact) mass is 354 g/mol. The van der Waals surface area contributed by atoms with Gasteiger partial charge < -0.3 is 10.2 Å². The van der Waals surface area contributed by atoms with Crippen LogP contribution < -0.4 is 10.2 Å². The summed E-state index contributed by atoms with van der Waals surface area (Å²) in [6, 6.07) is 6.87. The van der Waals surface area contributed by atoms with Crippen molar-refractivity contribution in [1.29, 1.82) is 0 Å². The van der Waals surface area contributed by atoms with Crippen molar-refractivity contribution < 1.29 is 0 Å². The van der Waals surface area contributed by atoms with Crippen LogP contribution in [0.4, 0.5) is 11.8 Å². The van der Waals surface area contributed by atoms with Crippen molar-refractivity contribution in [3.63, 3.8) is 0 Å². The predicted octanol–water partition coefficient (Wildman–Crippen LogP) is 2.87. The van der Waals surface area contributed by atoms with E-state index in [1.165, 1.54) is 16.4 Å². The molecule has 0 aliphatic heterocycles. The smallest absolute Gasteiger partial charge is 0.227 e. The summed E-state index contributed by atoms with van der Waals surface area (Å²) in [5, 5.41) is 4.61. The Morgan fingerprint density at radius 2 is 2.06 bits per heavy atom. The molecule has 0 amide bonds. The van der Waals surface area contributed by atoms with Crippen LogP contribution in [0.3, 0.4) is 0 Å². The van der Waals surface area contributed by atoms with Crippen molar-refractivity contribution in [2.45, 2.75) is 18.9 Å². The Bertz CT molecular complexity index is 593. The summed E-state index contributed by atoms with van der Waals surface area (Å²) < 4.78 is 1.21. The Labute approximate surface area is 120 Å². The zero-order valence-electron chi connectivity index (χ0n) is 10.4. The summed E-state index contributed by atoms with van der Waals surface area (Å²) in [5.74, 6) is 1.72. The van der Waals surface area contributed by atoms with Gasteiger partial charge in [-0.05, 0) is 53.6 Å². The van der Waals surface area contributed by atoms with Crippen LogP contribution in [0.15, 0.2) is 18.2 Å². The first-order chi connectivity index (χ1) is 8.63. The number of hydrogen-bond acceptors (Lipinski definition) is 4. The molecule has 5 heteroatoms. The molecular formula is C13H15IN4. The van der Waals surface area contributed by atoms with Gasteiger partial charge in [0.2, 0.25) is 5.95 Å². The molecule has 1 aliphatic carbocycles. The van der Waals surface area contributed by atoms with Gasteiger partial charge >= 0.3 is 0 Å². The highest BCUT2D eigenvalue weighted by atomic mass is 127. The minimum absolute atomic E-state index is 0.593. The van der Waals surface area contributed by atoms with Crippen molar-refractivity contribution in [3.05, 3.63) is 21.8 Å². The largest absolute Gasteiger partial charge is 0.367 e. The van der Waals surface area contributed by atoms with E-state index in [1.807, 2.05) is 19.0 Å². The van der Waals surface area contributed by atoms with Crippen LogP contribution in [0.25, 0.3) is 10.9 Å². The van der Waals surface area contributed by atoms with Gasteiger partial charge in [-0.3, -0.25) is 0 Å². The Morgan fingerprint density at radius 1 is 1.28 bits per heavy atom. The van der Waals surface area contributed by atoms with E-state index >= 15 is 0 Å². The fraction of sp³-hybridized carbons (Fsp3) is 0.385. The maximum absolute atomic E-state index is 4.62. The molecule has 18 heavy (non-hydrogen) atoms. The average molecular weight is 354 g/mol. The van der Waals surface area contributed by atoms with E-state index in [1.54, 1.807) is 0 Å². The zero-order chi connectivity index (χ0) is 12.7. The molecule has 0 saturated heterocycles. The Morgan fingerprint density at radius 3 is 2.72 bits per heavy atom. The molecule has 94 valence electrons. The maximum Gasteiger partial charge on any atom is 0.227 e. The number of nitrogens with one attached hydrogen (secondary N) is 1. The number of halogens is 1. The van der Waals surface area contributed by atoms with E-state index in [2.05, 4.69) is 56.1 Å². The molecule has 1 fully saturated rings. The van der Waals surface area contributed by atoms with Crippen molar-refractivity contribution in [3.8, 4) is 0 Å². The molecule has 1 aromatic heterocycles. The van der Waals surface area contributed by atoms with Gasteiger partial charge in [0.05, 0.1) is 5.52 Å². The summed E-state index contributed by atoms with van der Waals surface area (Å²) >= 11 is 2.32. The van der Waals surface area contributed by atoms with E-state index in [4.69, 9.17) is 0 Å². The van der Waals surface area contributed by atoms with E-state index < -0.39 is 0 Å². The Kier molecular flexibility index (Phi) is 3.01. The second-order valence-corrected chi connectivity index (χ2v) is 6.09. The van der Waals surface area contributed by atoms with Gasteiger partial charge in [0.25, 0.3) is 0 Å². The van der Waals surface area contributed by atoms with Crippen LogP contribution in [0.5, 0.6) is 0 Å². The highest BCUT2D eigenvalue weighted by Crippen LogP contribution is 2.30. The molecule has 0 unspecified atom stereocenters. The molecule has 3 rings (SSSR count). The van der Waals surface area contributed by atoms with E-state index in [0.717, 1.165) is 22.7 Å². The van der Waals surface area contributed by atoms with E-state index in [-0.39, 0.29) is 0 Å². The lowest BCUT2D eigenvalue weighted by Crippen LogP contribution is -2.15. The standard InChI is InChI=1S/C13H15IN4/c1-18(2)13-16-11-6-3-8(14)7-10(11)12(17-13)15-9-4-5-9/h3,6-7,9H,4-5H2,1-2H3,(H,15,16,17). The molecule has 0 atom stereocenters. The number of fused-ring (bicyclic) bond motifs is 1.